The largest absolute Gasteiger partial charge is 0.493 e. The maximum absolute atomic E-state index is 13.1. The predicted octanol–water partition coefficient (Wildman–Crippen LogP) is 2.48. The summed E-state index contributed by atoms with van der Waals surface area (Å²) in [5.74, 6) is 0.355. The summed E-state index contributed by atoms with van der Waals surface area (Å²) in [5, 5.41) is 12.8. The average molecular weight is 521 g/mol. The summed E-state index contributed by atoms with van der Waals surface area (Å²) in [4.78, 5) is 46.8. The third-order valence-corrected chi connectivity index (χ3v) is 7.56. The molecule has 2 fully saturated rings. The van der Waals surface area contributed by atoms with E-state index in [0.29, 0.717) is 59.1 Å². The van der Waals surface area contributed by atoms with Crippen LogP contribution in [0.1, 0.15) is 52.0 Å². The molecule has 0 aromatic heterocycles. The number of carbonyl (C=O) groups is 3. The number of nitrogens with zero attached hydrogens (tertiary/aromatic N) is 3. The molecule has 2 aromatic rings. The fourth-order valence-corrected chi connectivity index (χ4v) is 5.59. The van der Waals surface area contributed by atoms with Crippen molar-refractivity contribution in [1.29, 1.82) is 0 Å². The first-order chi connectivity index (χ1) is 18.5. The summed E-state index contributed by atoms with van der Waals surface area (Å²) in [5.41, 5.74) is 2.02. The first kappa shape index (κ1) is 24.2. The summed E-state index contributed by atoms with van der Waals surface area (Å²) < 4.78 is 17.1. The average Bonchev–Trinajstić information content (AvgIpc) is 3.57. The van der Waals surface area contributed by atoms with E-state index in [0.717, 1.165) is 19.3 Å². The highest BCUT2D eigenvalue weighted by Gasteiger charge is 2.39. The lowest BCUT2D eigenvalue weighted by Crippen LogP contribution is -2.40. The molecule has 11 nitrogen and oxygen atoms in total. The van der Waals surface area contributed by atoms with Crippen LogP contribution in [0.3, 0.4) is 0 Å². The topological polar surface area (TPSA) is 130 Å². The fourth-order valence-electron chi connectivity index (χ4n) is 5.59. The van der Waals surface area contributed by atoms with Gasteiger partial charge >= 0.3 is 0 Å². The number of hydrogen-bond donors (Lipinski definition) is 2. The number of ether oxygens (including phenoxy) is 3. The van der Waals surface area contributed by atoms with Gasteiger partial charge in [-0.05, 0) is 37.8 Å². The van der Waals surface area contributed by atoms with Crippen LogP contribution in [-0.4, -0.2) is 77.9 Å². The SMILES string of the molecule is COc1cc2c(cc1OCOc1cc3c(cc1CO)C(=O)N1CCC[C@H]1C=N3)NC(=O)[C@@H]1CCCN1C2=O. The Labute approximate surface area is 219 Å². The van der Waals surface area contributed by atoms with Gasteiger partial charge in [-0.1, -0.05) is 0 Å². The zero-order valence-electron chi connectivity index (χ0n) is 20.9. The van der Waals surface area contributed by atoms with Crippen LogP contribution in [0.25, 0.3) is 0 Å². The molecule has 198 valence electrons. The Bertz CT molecular complexity index is 1360. The number of anilines is 1. The van der Waals surface area contributed by atoms with Crippen LogP contribution in [0.2, 0.25) is 0 Å². The summed E-state index contributed by atoms with van der Waals surface area (Å²) >= 11 is 0. The van der Waals surface area contributed by atoms with E-state index >= 15 is 0 Å². The lowest BCUT2D eigenvalue weighted by molar-refractivity contribution is -0.119. The number of aliphatic imine (C=N–C) groups is 1. The normalized spacial score (nSPS) is 21.7. The molecule has 2 atom stereocenters. The van der Waals surface area contributed by atoms with Gasteiger partial charge in [0.1, 0.15) is 11.8 Å². The number of rotatable bonds is 6. The van der Waals surface area contributed by atoms with Crippen molar-refractivity contribution in [2.24, 2.45) is 4.99 Å². The number of aliphatic hydroxyl groups excluding tert-OH is 1. The molecular weight excluding hydrogens is 492 g/mol. The molecule has 0 spiro atoms. The van der Waals surface area contributed by atoms with Gasteiger partial charge in [-0.25, -0.2) is 0 Å². The van der Waals surface area contributed by atoms with Crippen molar-refractivity contribution >= 4 is 35.3 Å². The quantitative estimate of drug-likeness (QED) is 0.560. The van der Waals surface area contributed by atoms with E-state index < -0.39 is 6.04 Å². The molecule has 4 aliphatic rings. The molecule has 0 bridgehead atoms. The molecule has 3 amide bonds. The highest BCUT2D eigenvalue weighted by Crippen LogP contribution is 2.38. The zero-order chi connectivity index (χ0) is 26.4. The monoisotopic (exact) mass is 520 g/mol. The first-order valence-corrected chi connectivity index (χ1v) is 12.7. The van der Waals surface area contributed by atoms with Gasteiger partial charge in [-0.2, -0.15) is 0 Å². The Kier molecular flexibility index (Phi) is 6.15. The molecule has 2 aromatic carbocycles. The Morgan fingerprint density at radius 1 is 0.947 bits per heavy atom. The van der Waals surface area contributed by atoms with Gasteiger partial charge in [-0.15, -0.1) is 0 Å². The van der Waals surface area contributed by atoms with Crippen molar-refractivity contribution in [3.8, 4) is 17.2 Å². The fraction of sp³-hybridized carbons (Fsp3) is 0.407. The molecule has 11 heteroatoms. The molecule has 2 N–H and O–H groups in total. The Morgan fingerprint density at radius 2 is 1.71 bits per heavy atom. The molecule has 38 heavy (non-hydrogen) atoms. The maximum atomic E-state index is 13.1. The summed E-state index contributed by atoms with van der Waals surface area (Å²) in [6.07, 6.45) is 5.01. The number of amides is 3. The van der Waals surface area contributed by atoms with E-state index in [1.54, 1.807) is 40.3 Å². The molecule has 4 aliphatic heterocycles. The van der Waals surface area contributed by atoms with Gasteiger partial charge in [-0.3, -0.25) is 19.4 Å². The van der Waals surface area contributed by atoms with E-state index in [1.807, 2.05) is 0 Å². The van der Waals surface area contributed by atoms with Gasteiger partial charge in [0, 0.05) is 37.0 Å². The summed E-state index contributed by atoms with van der Waals surface area (Å²) in [6.45, 7) is 0.622. The molecule has 0 aliphatic carbocycles. The Hall–Kier alpha value is -4.12. The van der Waals surface area contributed by atoms with Crippen molar-refractivity contribution in [1.82, 2.24) is 9.80 Å². The van der Waals surface area contributed by atoms with E-state index in [2.05, 4.69) is 10.3 Å². The third-order valence-electron chi connectivity index (χ3n) is 7.56. The number of aliphatic hydroxyl groups is 1. The van der Waals surface area contributed by atoms with Gasteiger partial charge in [0.05, 0.1) is 42.3 Å². The minimum Gasteiger partial charge on any atom is -0.493 e. The number of nitrogens with one attached hydrogen (secondary N) is 1. The summed E-state index contributed by atoms with van der Waals surface area (Å²) in [6, 6.07) is 5.84. The lowest BCUT2D eigenvalue weighted by Gasteiger charge is -2.20. The van der Waals surface area contributed by atoms with Crippen LogP contribution < -0.4 is 19.5 Å². The van der Waals surface area contributed by atoms with Gasteiger partial charge in [0.25, 0.3) is 11.8 Å². The van der Waals surface area contributed by atoms with Crippen molar-refractivity contribution in [2.45, 2.75) is 44.4 Å². The maximum Gasteiger partial charge on any atom is 0.256 e. The van der Waals surface area contributed by atoms with E-state index in [1.165, 1.54) is 7.11 Å². The van der Waals surface area contributed by atoms with Crippen molar-refractivity contribution in [3.05, 3.63) is 41.0 Å². The van der Waals surface area contributed by atoms with Crippen molar-refractivity contribution in [3.63, 3.8) is 0 Å². The molecule has 4 heterocycles. The number of hydrogen-bond acceptors (Lipinski definition) is 8. The smallest absolute Gasteiger partial charge is 0.256 e. The van der Waals surface area contributed by atoms with Crippen LogP contribution in [0.4, 0.5) is 11.4 Å². The number of carbonyl (C=O) groups excluding carboxylic acids is 3. The number of methoxy groups -OCH3 is 1. The summed E-state index contributed by atoms with van der Waals surface area (Å²) in [7, 11) is 1.46. The van der Waals surface area contributed by atoms with Crippen LogP contribution in [-0.2, 0) is 11.4 Å². The van der Waals surface area contributed by atoms with Crippen LogP contribution >= 0.6 is 0 Å². The first-order valence-electron chi connectivity index (χ1n) is 12.7. The third kappa shape index (κ3) is 4.03. The molecule has 0 unspecified atom stereocenters. The number of benzene rings is 2. The standard InChI is InChI=1S/C27H28N4O7/c1-36-23-9-18-20(29-25(33)21-5-3-7-31(21)27(18)35)11-24(23)38-14-37-22-10-19-17(8-15(22)13-32)26(34)30-6-2-4-16(30)12-28-19/h8-12,16,21,32H,2-7,13-14H2,1H3,(H,29,33)/t16-,21-/m0/s1. The minimum absolute atomic E-state index is 0.0235. The second-order valence-corrected chi connectivity index (χ2v) is 9.72. The second kappa shape index (κ2) is 9.64. The predicted molar refractivity (Wildman–Crippen MR) is 136 cm³/mol. The van der Waals surface area contributed by atoms with Crippen LogP contribution in [0.5, 0.6) is 17.2 Å². The number of fused-ring (bicyclic) bond motifs is 4. The Morgan fingerprint density at radius 3 is 2.53 bits per heavy atom. The highest BCUT2D eigenvalue weighted by molar-refractivity contribution is 6.10. The van der Waals surface area contributed by atoms with Gasteiger partial charge in [0.2, 0.25) is 12.7 Å². The van der Waals surface area contributed by atoms with E-state index in [9.17, 15) is 19.5 Å². The molecule has 0 radical (unpaired) electrons. The highest BCUT2D eigenvalue weighted by atomic mass is 16.7. The van der Waals surface area contributed by atoms with Crippen molar-refractivity contribution in [2.75, 3.05) is 32.3 Å². The molecule has 0 saturated carbocycles. The second-order valence-electron chi connectivity index (χ2n) is 9.72. The lowest BCUT2D eigenvalue weighted by atomic mass is 10.1. The van der Waals surface area contributed by atoms with Gasteiger partial charge < -0.3 is 34.4 Å². The van der Waals surface area contributed by atoms with Crippen LogP contribution in [0.15, 0.2) is 29.3 Å². The Balaban J connectivity index is 1.23. The van der Waals surface area contributed by atoms with Gasteiger partial charge in [0.15, 0.2) is 11.5 Å². The minimum atomic E-state index is -0.482. The van der Waals surface area contributed by atoms with Crippen molar-refractivity contribution < 1.29 is 33.7 Å². The van der Waals surface area contributed by atoms with E-state index in [4.69, 9.17) is 14.2 Å². The zero-order valence-corrected chi connectivity index (χ0v) is 20.9. The molecule has 2 saturated heterocycles. The van der Waals surface area contributed by atoms with E-state index in [-0.39, 0.29) is 42.9 Å². The molecule has 6 rings (SSSR count). The van der Waals surface area contributed by atoms with Crippen LogP contribution in [0, 0.1) is 0 Å². The molecular formula is C27H28N4O7.